The Morgan fingerprint density at radius 3 is 2.39 bits per heavy atom. The average molecular weight is 471 g/mol. The number of nitrogens with zero attached hydrogens (tertiary/aromatic N) is 7. The standard InChI is InChI=1S/C21H26N8O3S/c30-21(16-10-14-27(15-11-16)20-9-8-19-23-25-26-29(19)24-20)22-17-4-6-18(7-5-17)33(31,32)28-12-2-1-3-13-28/h4-9,16H,1-3,10-15H2,(H,22,30). The zero-order valence-corrected chi connectivity index (χ0v) is 19.0. The monoisotopic (exact) mass is 470 g/mol. The van der Waals surface area contributed by atoms with Crippen molar-refractivity contribution in [1.29, 1.82) is 0 Å². The molecule has 0 radical (unpaired) electrons. The van der Waals surface area contributed by atoms with E-state index in [1.807, 2.05) is 12.1 Å². The van der Waals surface area contributed by atoms with Crippen LogP contribution < -0.4 is 10.2 Å². The maximum absolute atomic E-state index is 12.8. The molecule has 0 aliphatic carbocycles. The third-order valence-corrected chi connectivity index (χ3v) is 8.23. The molecule has 1 aromatic carbocycles. The molecule has 3 aromatic rings. The lowest BCUT2D eigenvalue weighted by Gasteiger charge is -2.31. The number of amides is 1. The Morgan fingerprint density at radius 1 is 0.939 bits per heavy atom. The predicted molar refractivity (Wildman–Crippen MR) is 121 cm³/mol. The van der Waals surface area contributed by atoms with Gasteiger partial charge in [-0.05, 0) is 72.5 Å². The summed E-state index contributed by atoms with van der Waals surface area (Å²) >= 11 is 0. The van der Waals surface area contributed by atoms with E-state index in [0.717, 1.165) is 25.1 Å². The molecule has 2 aliphatic rings. The summed E-state index contributed by atoms with van der Waals surface area (Å²) in [6.45, 7) is 2.54. The van der Waals surface area contributed by atoms with Crippen LogP contribution in [0.15, 0.2) is 41.3 Å². The summed E-state index contributed by atoms with van der Waals surface area (Å²) in [5.41, 5.74) is 1.19. The van der Waals surface area contributed by atoms with Crippen molar-refractivity contribution in [2.45, 2.75) is 37.0 Å². The number of hydrogen-bond acceptors (Lipinski definition) is 8. The topological polar surface area (TPSA) is 126 Å². The number of tetrazole rings is 1. The Morgan fingerprint density at radius 2 is 1.67 bits per heavy atom. The highest BCUT2D eigenvalue weighted by molar-refractivity contribution is 7.89. The van der Waals surface area contributed by atoms with E-state index < -0.39 is 10.0 Å². The normalized spacial score (nSPS) is 18.5. The number of carbonyl (C=O) groups is 1. The van der Waals surface area contributed by atoms with Crippen molar-refractivity contribution >= 4 is 33.1 Å². The number of sulfonamides is 1. The van der Waals surface area contributed by atoms with Crippen LogP contribution in [0, 0.1) is 5.92 Å². The first-order valence-electron chi connectivity index (χ1n) is 11.2. The van der Waals surface area contributed by atoms with Gasteiger partial charge in [0.1, 0.15) is 0 Å². The molecule has 2 fully saturated rings. The van der Waals surface area contributed by atoms with Crippen molar-refractivity contribution in [3.63, 3.8) is 0 Å². The Bertz CT molecular complexity index is 1230. The van der Waals surface area contributed by atoms with Crippen LogP contribution in [-0.4, -0.2) is 70.1 Å². The molecule has 12 heteroatoms. The molecular weight excluding hydrogens is 444 g/mol. The fourth-order valence-electron chi connectivity index (χ4n) is 4.39. The summed E-state index contributed by atoms with van der Waals surface area (Å²) in [6.07, 6.45) is 4.26. The fraction of sp³-hybridized carbons (Fsp3) is 0.476. The molecular formula is C21H26N8O3S. The number of benzene rings is 1. The highest BCUT2D eigenvalue weighted by Crippen LogP contribution is 2.25. The summed E-state index contributed by atoms with van der Waals surface area (Å²) in [5.74, 6) is 0.610. The molecule has 0 saturated carbocycles. The Balaban J connectivity index is 1.17. The smallest absolute Gasteiger partial charge is 0.243 e. The summed E-state index contributed by atoms with van der Waals surface area (Å²) in [6, 6.07) is 10.2. The molecule has 0 atom stereocenters. The lowest BCUT2D eigenvalue weighted by molar-refractivity contribution is -0.120. The van der Waals surface area contributed by atoms with Crippen molar-refractivity contribution in [3.05, 3.63) is 36.4 Å². The molecule has 2 saturated heterocycles. The van der Waals surface area contributed by atoms with E-state index in [1.54, 1.807) is 28.6 Å². The highest BCUT2D eigenvalue weighted by atomic mass is 32.2. The second-order valence-electron chi connectivity index (χ2n) is 8.46. The molecule has 4 heterocycles. The molecule has 11 nitrogen and oxygen atoms in total. The number of carbonyl (C=O) groups excluding carboxylic acids is 1. The second kappa shape index (κ2) is 9.02. The Hall–Kier alpha value is -3.12. The molecule has 1 amide bonds. The molecule has 0 unspecified atom stereocenters. The van der Waals surface area contributed by atoms with Gasteiger partial charge in [-0.1, -0.05) is 6.42 Å². The molecule has 5 rings (SSSR count). The molecule has 2 aliphatic heterocycles. The minimum Gasteiger partial charge on any atom is -0.355 e. The van der Waals surface area contributed by atoms with Gasteiger partial charge < -0.3 is 10.2 Å². The van der Waals surface area contributed by atoms with Crippen molar-refractivity contribution in [1.82, 2.24) is 29.6 Å². The zero-order chi connectivity index (χ0) is 22.8. The van der Waals surface area contributed by atoms with Crippen LogP contribution in [0.1, 0.15) is 32.1 Å². The first-order chi connectivity index (χ1) is 16.0. The SMILES string of the molecule is O=C(Nc1ccc(S(=O)(=O)N2CCCCC2)cc1)C1CCN(c2ccc3nnnn3n2)CC1. The molecule has 0 bridgehead atoms. The Labute approximate surface area is 191 Å². The summed E-state index contributed by atoms with van der Waals surface area (Å²) in [5, 5.41) is 18.6. The van der Waals surface area contributed by atoms with E-state index in [0.29, 0.717) is 50.4 Å². The highest BCUT2D eigenvalue weighted by Gasteiger charge is 2.27. The fourth-order valence-corrected chi connectivity index (χ4v) is 5.91. The van der Waals surface area contributed by atoms with Crippen LogP contribution in [0.25, 0.3) is 5.65 Å². The minimum atomic E-state index is -3.48. The third-order valence-electron chi connectivity index (χ3n) is 6.32. The van der Waals surface area contributed by atoms with Crippen molar-refractivity contribution in [2.75, 3.05) is 36.4 Å². The van der Waals surface area contributed by atoms with Gasteiger partial charge in [-0.25, -0.2) is 8.42 Å². The molecule has 2 aromatic heterocycles. The maximum Gasteiger partial charge on any atom is 0.243 e. The molecule has 0 spiro atoms. The molecule has 174 valence electrons. The van der Waals surface area contributed by atoms with E-state index >= 15 is 0 Å². The van der Waals surface area contributed by atoms with E-state index in [4.69, 9.17) is 0 Å². The van der Waals surface area contributed by atoms with E-state index in [-0.39, 0.29) is 16.7 Å². The average Bonchev–Trinajstić information content (AvgIpc) is 3.33. The van der Waals surface area contributed by atoms with E-state index in [2.05, 4.69) is 30.8 Å². The first kappa shape index (κ1) is 21.7. The van der Waals surface area contributed by atoms with E-state index in [1.165, 1.54) is 4.63 Å². The van der Waals surface area contributed by atoms with Crippen LogP contribution in [-0.2, 0) is 14.8 Å². The number of aromatic nitrogens is 5. The van der Waals surface area contributed by atoms with Crippen LogP contribution in [0.4, 0.5) is 11.5 Å². The van der Waals surface area contributed by atoms with Gasteiger partial charge in [0, 0.05) is 37.8 Å². The molecule has 33 heavy (non-hydrogen) atoms. The summed E-state index contributed by atoms with van der Waals surface area (Å²) in [7, 11) is -3.48. The van der Waals surface area contributed by atoms with Gasteiger partial charge in [0.15, 0.2) is 11.5 Å². The number of hydrogen-bond donors (Lipinski definition) is 1. The van der Waals surface area contributed by atoms with Crippen LogP contribution in [0.3, 0.4) is 0 Å². The minimum absolute atomic E-state index is 0.0508. The largest absolute Gasteiger partial charge is 0.355 e. The first-order valence-corrected chi connectivity index (χ1v) is 12.7. The zero-order valence-electron chi connectivity index (χ0n) is 18.2. The van der Waals surface area contributed by atoms with E-state index in [9.17, 15) is 13.2 Å². The number of anilines is 2. The van der Waals surface area contributed by atoms with Crippen LogP contribution in [0.2, 0.25) is 0 Å². The summed E-state index contributed by atoms with van der Waals surface area (Å²) in [4.78, 5) is 15.2. The molecule has 1 N–H and O–H groups in total. The quantitative estimate of drug-likeness (QED) is 0.595. The summed E-state index contributed by atoms with van der Waals surface area (Å²) < 4.78 is 28.5. The van der Waals surface area contributed by atoms with Crippen molar-refractivity contribution in [3.8, 4) is 0 Å². The Kier molecular flexibility index (Phi) is 5.94. The van der Waals surface area contributed by atoms with Gasteiger partial charge in [-0.3, -0.25) is 4.79 Å². The number of fused-ring (bicyclic) bond motifs is 1. The third kappa shape index (κ3) is 4.53. The number of rotatable bonds is 5. The lowest BCUT2D eigenvalue weighted by Crippen LogP contribution is -2.38. The van der Waals surface area contributed by atoms with Gasteiger partial charge >= 0.3 is 0 Å². The second-order valence-corrected chi connectivity index (χ2v) is 10.4. The van der Waals surface area contributed by atoms with Crippen LogP contribution >= 0.6 is 0 Å². The van der Waals surface area contributed by atoms with Gasteiger partial charge in [-0.15, -0.1) is 14.8 Å². The van der Waals surface area contributed by atoms with Gasteiger partial charge in [0.25, 0.3) is 0 Å². The van der Waals surface area contributed by atoms with Gasteiger partial charge in [-0.2, -0.15) is 4.31 Å². The van der Waals surface area contributed by atoms with Crippen molar-refractivity contribution < 1.29 is 13.2 Å². The van der Waals surface area contributed by atoms with Gasteiger partial charge in [0.05, 0.1) is 4.90 Å². The predicted octanol–water partition coefficient (Wildman–Crippen LogP) is 1.55. The maximum atomic E-state index is 12.8. The number of nitrogens with one attached hydrogen (secondary N) is 1. The van der Waals surface area contributed by atoms with Crippen LogP contribution in [0.5, 0.6) is 0 Å². The van der Waals surface area contributed by atoms with Crippen molar-refractivity contribution in [2.24, 2.45) is 5.92 Å². The van der Waals surface area contributed by atoms with Gasteiger partial charge in [0.2, 0.25) is 15.9 Å². The lowest BCUT2D eigenvalue weighted by atomic mass is 9.96. The number of piperidine rings is 2.